The minimum Gasteiger partial charge on any atom is -0.493 e. The van der Waals surface area contributed by atoms with Gasteiger partial charge in [0, 0.05) is 10.0 Å². The van der Waals surface area contributed by atoms with Crippen molar-refractivity contribution < 1.29 is 14.7 Å². The Bertz CT molecular complexity index is 393. The van der Waals surface area contributed by atoms with Crippen molar-refractivity contribution in [2.24, 2.45) is 5.16 Å². The van der Waals surface area contributed by atoms with E-state index in [2.05, 4.69) is 37.0 Å². The Kier molecular flexibility index (Phi) is 4.41. The molecule has 0 saturated carbocycles. The Morgan fingerprint density at radius 1 is 1.27 bits per heavy atom. The van der Waals surface area contributed by atoms with Gasteiger partial charge in [-0.3, -0.25) is 0 Å². The molecule has 0 spiro atoms. The predicted molar refractivity (Wildman–Crippen MR) is 64.3 cm³/mol. The Morgan fingerprint density at radius 3 is 2.40 bits per heavy atom. The van der Waals surface area contributed by atoms with Crippen LogP contribution in [0.25, 0.3) is 0 Å². The maximum absolute atomic E-state index is 8.49. The summed E-state index contributed by atoms with van der Waals surface area (Å²) in [5.41, 5.74) is 0.682. The van der Waals surface area contributed by atoms with Gasteiger partial charge in [0.05, 0.1) is 24.9 Å². The molecule has 0 heterocycles. The molecule has 0 aliphatic rings. The minimum atomic E-state index is 0.558. The zero-order valence-electron chi connectivity index (χ0n) is 8.12. The summed E-state index contributed by atoms with van der Waals surface area (Å²) in [5, 5.41) is 11.5. The Labute approximate surface area is 104 Å². The molecule has 0 saturated heterocycles. The predicted octanol–water partition coefficient (Wildman–Crippen LogP) is 3.04. The van der Waals surface area contributed by atoms with Crippen molar-refractivity contribution in [2.45, 2.75) is 0 Å². The minimum absolute atomic E-state index is 0.558. The van der Waals surface area contributed by atoms with Gasteiger partial charge in [-0.15, -0.1) is 0 Å². The van der Waals surface area contributed by atoms with E-state index in [-0.39, 0.29) is 0 Å². The molecule has 82 valence electrons. The van der Waals surface area contributed by atoms with Crippen molar-refractivity contribution in [3.63, 3.8) is 0 Å². The van der Waals surface area contributed by atoms with E-state index in [9.17, 15) is 0 Å². The molecule has 1 rings (SSSR count). The first-order chi connectivity index (χ1) is 7.15. The summed E-state index contributed by atoms with van der Waals surface area (Å²) in [5.74, 6) is 1.14. The third kappa shape index (κ3) is 2.43. The quantitative estimate of drug-likeness (QED) is 0.523. The average Bonchev–Trinajstić information content (AvgIpc) is 2.24. The molecule has 0 unspecified atom stereocenters. The van der Waals surface area contributed by atoms with Crippen LogP contribution >= 0.6 is 31.9 Å². The summed E-state index contributed by atoms with van der Waals surface area (Å²) in [7, 11) is 3.09. The van der Waals surface area contributed by atoms with E-state index in [1.165, 1.54) is 13.3 Å². The standard InChI is InChI=1S/C9H9Br2NO3/c1-14-6-3-5(4-12-13)7(10)8(11)9(6)15-2/h3-4,13H,1-2H3. The highest BCUT2D eigenvalue weighted by Crippen LogP contribution is 2.41. The lowest BCUT2D eigenvalue weighted by Gasteiger charge is -2.12. The van der Waals surface area contributed by atoms with Crippen molar-refractivity contribution in [1.29, 1.82) is 0 Å². The second kappa shape index (κ2) is 5.37. The molecule has 1 aromatic carbocycles. The molecule has 0 aliphatic heterocycles. The first-order valence-corrected chi connectivity index (χ1v) is 5.51. The van der Waals surface area contributed by atoms with Crippen LogP contribution in [0.15, 0.2) is 20.2 Å². The fourth-order valence-electron chi connectivity index (χ4n) is 1.10. The van der Waals surface area contributed by atoms with Gasteiger partial charge in [-0.05, 0) is 37.9 Å². The third-order valence-corrected chi connectivity index (χ3v) is 3.92. The summed E-state index contributed by atoms with van der Waals surface area (Å²) < 4.78 is 11.8. The largest absolute Gasteiger partial charge is 0.493 e. The van der Waals surface area contributed by atoms with Crippen molar-refractivity contribution in [3.8, 4) is 11.5 Å². The van der Waals surface area contributed by atoms with E-state index in [1.807, 2.05) is 0 Å². The van der Waals surface area contributed by atoms with Crippen molar-refractivity contribution in [3.05, 3.63) is 20.6 Å². The molecular weight excluding hydrogens is 330 g/mol. The number of halogens is 2. The smallest absolute Gasteiger partial charge is 0.176 e. The highest BCUT2D eigenvalue weighted by atomic mass is 79.9. The number of nitrogens with zero attached hydrogens (tertiary/aromatic N) is 1. The zero-order valence-corrected chi connectivity index (χ0v) is 11.3. The van der Waals surface area contributed by atoms with E-state index in [0.29, 0.717) is 21.5 Å². The van der Waals surface area contributed by atoms with Crippen molar-refractivity contribution in [2.75, 3.05) is 14.2 Å². The van der Waals surface area contributed by atoms with Crippen LogP contribution in [-0.4, -0.2) is 25.6 Å². The number of hydrogen-bond acceptors (Lipinski definition) is 4. The summed E-state index contributed by atoms with van der Waals surface area (Å²) in [6, 6.07) is 1.70. The number of methoxy groups -OCH3 is 2. The molecule has 0 amide bonds. The van der Waals surface area contributed by atoms with Crippen LogP contribution in [0.2, 0.25) is 0 Å². The van der Waals surface area contributed by atoms with Gasteiger partial charge >= 0.3 is 0 Å². The fraction of sp³-hybridized carbons (Fsp3) is 0.222. The van der Waals surface area contributed by atoms with Gasteiger partial charge in [-0.1, -0.05) is 5.16 Å². The van der Waals surface area contributed by atoms with Gasteiger partial charge in [-0.2, -0.15) is 0 Å². The molecule has 1 aromatic rings. The van der Waals surface area contributed by atoms with Gasteiger partial charge in [0.25, 0.3) is 0 Å². The van der Waals surface area contributed by atoms with Crippen LogP contribution < -0.4 is 9.47 Å². The van der Waals surface area contributed by atoms with Crippen LogP contribution in [0.1, 0.15) is 5.56 Å². The normalized spacial score (nSPS) is 10.7. The van der Waals surface area contributed by atoms with Crippen LogP contribution in [0.5, 0.6) is 11.5 Å². The molecule has 0 atom stereocenters. The van der Waals surface area contributed by atoms with E-state index in [1.54, 1.807) is 13.2 Å². The number of rotatable bonds is 3. The Hall–Kier alpha value is -0.750. The van der Waals surface area contributed by atoms with Gasteiger partial charge in [0.2, 0.25) is 0 Å². The Balaban J connectivity index is 3.42. The van der Waals surface area contributed by atoms with Gasteiger partial charge in [0.1, 0.15) is 0 Å². The summed E-state index contributed by atoms with van der Waals surface area (Å²) in [4.78, 5) is 0. The Morgan fingerprint density at radius 2 is 1.93 bits per heavy atom. The average molecular weight is 339 g/mol. The summed E-state index contributed by atoms with van der Waals surface area (Å²) in [6.07, 6.45) is 1.30. The summed E-state index contributed by atoms with van der Waals surface area (Å²) in [6.45, 7) is 0. The van der Waals surface area contributed by atoms with E-state index < -0.39 is 0 Å². The molecule has 1 N–H and O–H groups in total. The fourth-order valence-corrected chi connectivity index (χ4v) is 2.09. The van der Waals surface area contributed by atoms with Crippen LogP contribution in [0, 0.1) is 0 Å². The third-order valence-electron chi connectivity index (χ3n) is 1.78. The maximum Gasteiger partial charge on any atom is 0.176 e. The molecular formula is C9H9Br2NO3. The lowest BCUT2D eigenvalue weighted by atomic mass is 10.2. The first kappa shape index (κ1) is 12.3. The number of benzene rings is 1. The molecule has 0 radical (unpaired) electrons. The molecule has 0 bridgehead atoms. The molecule has 0 fully saturated rings. The van der Waals surface area contributed by atoms with Crippen LogP contribution in [-0.2, 0) is 0 Å². The highest BCUT2D eigenvalue weighted by molar-refractivity contribution is 9.13. The van der Waals surface area contributed by atoms with Gasteiger partial charge < -0.3 is 14.7 Å². The highest BCUT2D eigenvalue weighted by Gasteiger charge is 2.15. The van der Waals surface area contributed by atoms with Crippen LogP contribution in [0.3, 0.4) is 0 Å². The van der Waals surface area contributed by atoms with Crippen LogP contribution in [0.4, 0.5) is 0 Å². The lowest BCUT2D eigenvalue weighted by molar-refractivity contribution is 0.321. The molecule has 6 heteroatoms. The van der Waals surface area contributed by atoms with E-state index >= 15 is 0 Å². The van der Waals surface area contributed by atoms with Crippen molar-refractivity contribution >= 4 is 38.1 Å². The van der Waals surface area contributed by atoms with Crippen molar-refractivity contribution in [1.82, 2.24) is 0 Å². The topological polar surface area (TPSA) is 51.0 Å². The molecule has 0 aromatic heterocycles. The molecule has 15 heavy (non-hydrogen) atoms. The number of hydrogen-bond donors (Lipinski definition) is 1. The zero-order chi connectivity index (χ0) is 11.4. The molecule has 4 nitrogen and oxygen atoms in total. The SMILES string of the molecule is COc1cc(C=NO)c(Br)c(Br)c1OC. The molecule has 0 aliphatic carbocycles. The number of oxime groups is 1. The number of ether oxygens (including phenoxy) is 2. The monoisotopic (exact) mass is 337 g/mol. The van der Waals surface area contributed by atoms with E-state index in [4.69, 9.17) is 14.7 Å². The van der Waals surface area contributed by atoms with E-state index in [0.717, 1.165) is 4.47 Å². The van der Waals surface area contributed by atoms with Gasteiger partial charge in [0.15, 0.2) is 11.5 Å². The maximum atomic E-state index is 8.49. The lowest BCUT2D eigenvalue weighted by Crippen LogP contribution is -1.95. The summed E-state index contributed by atoms with van der Waals surface area (Å²) >= 11 is 6.71. The second-order valence-electron chi connectivity index (χ2n) is 2.57. The van der Waals surface area contributed by atoms with Gasteiger partial charge in [-0.25, -0.2) is 0 Å². The second-order valence-corrected chi connectivity index (χ2v) is 4.16. The first-order valence-electron chi connectivity index (χ1n) is 3.93.